The topological polar surface area (TPSA) is 46.2 Å². The molecule has 0 aliphatic heterocycles. The van der Waals surface area contributed by atoms with Crippen molar-refractivity contribution >= 4 is 11.6 Å². The first-order valence-electron chi connectivity index (χ1n) is 4.76. The van der Waals surface area contributed by atoms with Gasteiger partial charge in [0.05, 0.1) is 5.60 Å². The van der Waals surface area contributed by atoms with E-state index in [0.717, 1.165) is 5.56 Å². The molecule has 0 bridgehead atoms. The fraction of sp³-hybridized carbons (Fsp3) is 0.455. The number of aliphatic hydroxyl groups is 1. The van der Waals surface area contributed by atoms with E-state index in [1.807, 2.05) is 31.2 Å². The van der Waals surface area contributed by atoms with Gasteiger partial charge in [0.2, 0.25) is 0 Å². The van der Waals surface area contributed by atoms with Crippen LogP contribution in [-0.2, 0) is 6.42 Å². The van der Waals surface area contributed by atoms with E-state index in [1.54, 1.807) is 0 Å². The van der Waals surface area contributed by atoms with Crippen molar-refractivity contribution in [1.82, 2.24) is 0 Å². The molecule has 0 amide bonds. The zero-order valence-corrected chi connectivity index (χ0v) is 9.09. The van der Waals surface area contributed by atoms with E-state index in [9.17, 15) is 5.11 Å². The van der Waals surface area contributed by atoms with Gasteiger partial charge in [0.1, 0.15) is 0 Å². The molecule has 0 aliphatic rings. The van der Waals surface area contributed by atoms with E-state index in [-0.39, 0.29) is 6.54 Å². The van der Waals surface area contributed by atoms with Crippen LogP contribution in [0.15, 0.2) is 24.3 Å². The van der Waals surface area contributed by atoms with Gasteiger partial charge in [-0.1, -0.05) is 30.7 Å². The fourth-order valence-corrected chi connectivity index (χ4v) is 1.45. The van der Waals surface area contributed by atoms with Crippen molar-refractivity contribution < 1.29 is 5.11 Å². The predicted molar refractivity (Wildman–Crippen MR) is 59.5 cm³/mol. The van der Waals surface area contributed by atoms with Crippen molar-refractivity contribution in [3.63, 3.8) is 0 Å². The van der Waals surface area contributed by atoms with E-state index < -0.39 is 5.60 Å². The van der Waals surface area contributed by atoms with Gasteiger partial charge < -0.3 is 10.8 Å². The van der Waals surface area contributed by atoms with E-state index in [1.165, 1.54) is 0 Å². The molecule has 1 atom stereocenters. The van der Waals surface area contributed by atoms with Crippen LogP contribution in [0.3, 0.4) is 0 Å². The number of benzene rings is 1. The second-order valence-corrected chi connectivity index (χ2v) is 4.02. The molecule has 1 unspecified atom stereocenters. The summed E-state index contributed by atoms with van der Waals surface area (Å²) < 4.78 is 0. The normalized spacial score (nSPS) is 15.1. The maximum atomic E-state index is 9.99. The highest BCUT2D eigenvalue weighted by Crippen LogP contribution is 2.17. The van der Waals surface area contributed by atoms with Crippen molar-refractivity contribution in [2.45, 2.75) is 25.4 Å². The lowest BCUT2D eigenvalue weighted by Gasteiger charge is -2.24. The van der Waals surface area contributed by atoms with Crippen LogP contribution < -0.4 is 5.73 Å². The lowest BCUT2D eigenvalue weighted by atomic mass is 9.92. The van der Waals surface area contributed by atoms with Gasteiger partial charge in [-0.15, -0.1) is 0 Å². The van der Waals surface area contributed by atoms with Crippen LogP contribution in [0.5, 0.6) is 0 Å². The molecular formula is C11H16ClNO. The number of halogens is 1. The third kappa shape index (κ3) is 2.98. The molecule has 3 N–H and O–H groups in total. The molecule has 1 aromatic carbocycles. The highest BCUT2D eigenvalue weighted by Gasteiger charge is 2.22. The molecule has 0 heterocycles. The number of hydrogen-bond acceptors (Lipinski definition) is 2. The third-order valence-electron chi connectivity index (χ3n) is 2.48. The van der Waals surface area contributed by atoms with E-state index in [4.69, 9.17) is 17.3 Å². The van der Waals surface area contributed by atoms with Gasteiger partial charge in [-0.2, -0.15) is 0 Å². The second-order valence-electron chi connectivity index (χ2n) is 3.59. The predicted octanol–water partition coefficient (Wildman–Crippen LogP) is 1.98. The monoisotopic (exact) mass is 213 g/mol. The molecule has 0 radical (unpaired) electrons. The number of rotatable bonds is 4. The van der Waals surface area contributed by atoms with Gasteiger partial charge in [-0.25, -0.2) is 0 Å². The molecule has 0 saturated carbocycles. The highest BCUT2D eigenvalue weighted by atomic mass is 35.5. The summed E-state index contributed by atoms with van der Waals surface area (Å²) in [7, 11) is 0. The zero-order chi connectivity index (χ0) is 10.6. The Kier molecular flexibility index (Phi) is 3.93. The molecule has 3 heteroatoms. The van der Waals surface area contributed by atoms with Gasteiger partial charge in [0.25, 0.3) is 0 Å². The number of nitrogens with two attached hydrogens (primary N) is 1. The van der Waals surface area contributed by atoms with E-state index in [0.29, 0.717) is 17.9 Å². The Morgan fingerprint density at radius 2 is 1.93 bits per heavy atom. The minimum Gasteiger partial charge on any atom is -0.388 e. The summed E-state index contributed by atoms with van der Waals surface area (Å²) in [6.45, 7) is 2.22. The van der Waals surface area contributed by atoms with Crippen LogP contribution in [0.4, 0.5) is 0 Å². The Labute approximate surface area is 89.7 Å². The zero-order valence-electron chi connectivity index (χ0n) is 8.33. The van der Waals surface area contributed by atoms with Crippen molar-refractivity contribution in [3.05, 3.63) is 34.9 Å². The molecule has 78 valence electrons. The Morgan fingerprint density at radius 1 is 1.36 bits per heavy atom. The first-order chi connectivity index (χ1) is 6.59. The fourth-order valence-electron chi connectivity index (χ4n) is 1.32. The average Bonchev–Trinajstić information content (AvgIpc) is 2.21. The summed E-state index contributed by atoms with van der Waals surface area (Å²) in [5.41, 5.74) is 5.79. The third-order valence-corrected chi connectivity index (χ3v) is 2.74. The Morgan fingerprint density at radius 3 is 2.36 bits per heavy atom. The summed E-state index contributed by atoms with van der Waals surface area (Å²) in [6.07, 6.45) is 1.24. The SMILES string of the molecule is CCC(O)(CN)Cc1ccc(Cl)cc1. The molecule has 14 heavy (non-hydrogen) atoms. The molecule has 0 saturated heterocycles. The molecule has 2 nitrogen and oxygen atoms in total. The molecule has 0 aliphatic carbocycles. The smallest absolute Gasteiger partial charge is 0.0806 e. The molecule has 1 rings (SSSR count). The molecule has 0 spiro atoms. The summed E-state index contributed by atoms with van der Waals surface area (Å²) in [6, 6.07) is 7.48. The summed E-state index contributed by atoms with van der Waals surface area (Å²) in [5, 5.41) is 10.7. The van der Waals surface area contributed by atoms with Crippen LogP contribution in [0.1, 0.15) is 18.9 Å². The maximum absolute atomic E-state index is 9.99. The quantitative estimate of drug-likeness (QED) is 0.804. The van der Waals surface area contributed by atoms with Crippen LogP contribution in [0.25, 0.3) is 0 Å². The van der Waals surface area contributed by atoms with E-state index in [2.05, 4.69) is 0 Å². The van der Waals surface area contributed by atoms with Gasteiger partial charge in [0, 0.05) is 18.0 Å². The largest absolute Gasteiger partial charge is 0.388 e. The Hall–Kier alpha value is -0.570. The van der Waals surface area contributed by atoms with Crippen LogP contribution in [0, 0.1) is 0 Å². The summed E-state index contributed by atoms with van der Waals surface area (Å²) >= 11 is 5.76. The van der Waals surface area contributed by atoms with Crippen molar-refractivity contribution in [2.75, 3.05) is 6.54 Å². The minimum absolute atomic E-state index is 0.284. The number of hydrogen-bond donors (Lipinski definition) is 2. The standard InChI is InChI=1S/C11H16ClNO/c1-2-11(14,8-13)7-9-3-5-10(12)6-4-9/h3-6,14H,2,7-8,13H2,1H3. The van der Waals surface area contributed by atoms with Gasteiger partial charge in [-0.05, 0) is 24.1 Å². The van der Waals surface area contributed by atoms with Crippen LogP contribution >= 0.6 is 11.6 Å². The van der Waals surface area contributed by atoms with Crippen LogP contribution in [0.2, 0.25) is 5.02 Å². The van der Waals surface area contributed by atoms with Crippen molar-refractivity contribution in [1.29, 1.82) is 0 Å². The minimum atomic E-state index is -0.784. The second kappa shape index (κ2) is 4.78. The van der Waals surface area contributed by atoms with Crippen molar-refractivity contribution in [2.24, 2.45) is 5.73 Å². The first-order valence-corrected chi connectivity index (χ1v) is 5.14. The molecule has 0 aromatic heterocycles. The lowest BCUT2D eigenvalue weighted by molar-refractivity contribution is 0.0456. The highest BCUT2D eigenvalue weighted by molar-refractivity contribution is 6.30. The van der Waals surface area contributed by atoms with Crippen molar-refractivity contribution in [3.8, 4) is 0 Å². The molecular weight excluding hydrogens is 198 g/mol. The first kappa shape index (κ1) is 11.5. The maximum Gasteiger partial charge on any atom is 0.0806 e. The Balaban J connectivity index is 2.72. The van der Waals surface area contributed by atoms with Gasteiger partial charge in [-0.3, -0.25) is 0 Å². The molecule has 0 fully saturated rings. The van der Waals surface area contributed by atoms with Gasteiger partial charge >= 0.3 is 0 Å². The molecule has 1 aromatic rings. The summed E-state index contributed by atoms with van der Waals surface area (Å²) in [5.74, 6) is 0. The lowest BCUT2D eigenvalue weighted by Crippen LogP contribution is -2.39. The Bertz CT molecular complexity index is 280. The average molecular weight is 214 g/mol. The van der Waals surface area contributed by atoms with E-state index >= 15 is 0 Å². The summed E-state index contributed by atoms with van der Waals surface area (Å²) in [4.78, 5) is 0. The van der Waals surface area contributed by atoms with Crippen LogP contribution in [-0.4, -0.2) is 17.3 Å². The van der Waals surface area contributed by atoms with Gasteiger partial charge in [0.15, 0.2) is 0 Å².